The van der Waals surface area contributed by atoms with Crippen LogP contribution in [0.25, 0.3) is 0 Å². The van der Waals surface area contributed by atoms with Crippen LogP contribution in [0.1, 0.15) is 43.2 Å². The van der Waals surface area contributed by atoms with E-state index in [1.807, 2.05) is 4.90 Å². The predicted molar refractivity (Wildman–Crippen MR) is 93.7 cm³/mol. The van der Waals surface area contributed by atoms with Crippen molar-refractivity contribution in [2.24, 2.45) is 5.73 Å². The van der Waals surface area contributed by atoms with Crippen molar-refractivity contribution in [3.05, 3.63) is 35.4 Å². The molecule has 0 aromatic heterocycles. The summed E-state index contributed by atoms with van der Waals surface area (Å²) in [6, 6.07) is 8.00. The number of aryl methyl sites for hydroxylation is 1. The van der Waals surface area contributed by atoms with Gasteiger partial charge in [-0.15, -0.1) is 0 Å². The zero-order chi connectivity index (χ0) is 17.2. The zero-order valence-electron chi connectivity index (χ0n) is 14.5. The summed E-state index contributed by atoms with van der Waals surface area (Å²) in [6.45, 7) is 4.53. The van der Waals surface area contributed by atoms with Gasteiger partial charge in [0.2, 0.25) is 5.91 Å². The van der Waals surface area contributed by atoms with E-state index < -0.39 is 6.03 Å². The molecule has 0 bridgehead atoms. The van der Waals surface area contributed by atoms with Crippen molar-refractivity contribution in [1.29, 1.82) is 0 Å². The monoisotopic (exact) mass is 329 g/mol. The summed E-state index contributed by atoms with van der Waals surface area (Å²) in [5.74, 6) is 0.233. The molecule has 1 saturated carbocycles. The van der Waals surface area contributed by atoms with Crippen LogP contribution in [0.2, 0.25) is 0 Å². The van der Waals surface area contributed by atoms with Crippen LogP contribution in [-0.4, -0.2) is 47.9 Å². The molecule has 1 aliphatic carbocycles. The topological polar surface area (TPSA) is 66.6 Å². The third-order valence-electron chi connectivity index (χ3n) is 5.53. The van der Waals surface area contributed by atoms with Gasteiger partial charge in [0.1, 0.15) is 0 Å². The maximum atomic E-state index is 13.5. The zero-order valence-corrected chi connectivity index (χ0v) is 14.5. The van der Waals surface area contributed by atoms with Gasteiger partial charge < -0.3 is 15.5 Å². The maximum Gasteiger partial charge on any atom is 0.314 e. The molecule has 1 aliphatic heterocycles. The fraction of sp³-hybridized carbons (Fsp3) is 0.579. The number of urea groups is 1. The Bertz CT molecular complexity index is 623. The van der Waals surface area contributed by atoms with E-state index in [1.165, 1.54) is 5.56 Å². The molecule has 2 aliphatic rings. The summed E-state index contributed by atoms with van der Waals surface area (Å²) in [7, 11) is 0. The van der Waals surface area contributed by atoms with E-state index in [-0.39, 0.29) is 11.3 Å². The molecule has 3 amide bonds. The van der Waals surface area contributed by atoms with Crippen LogP contribution in [0.4, 0.5) is 4.79 Å². The first-order valence-electron chi connectivity index (χ1n) is 8.94. The standard InChI is InChI=1S/C19H27N3O2/c1-15-6-4-7-16(14-15)19(8-2-3-9-19)17(23)21-10-5-11-22(13-12-21)18(20)24/h4,6-7,14H,2-3,5,8-13H2,1H3,(H2,20,24). The third-order valence-corrected chi connectivity index (χ3v) is 5.53. The number of rotatable bonds is 2. The van der Waals surface area contributed by atoms with Gasteiger partial charge in [0.15, 0.2) is 0 Å². The molecule has 1 saturated heterocycles. The Morgan fingerprint density at radius 2 is 1.67 bits per heavy atom. The lowest BCUT2D eigenvalue weighted by Gasteiger charge is -2.34. The van der Waals surface area contributed by atoms with Gasteiger partial charge in [0.05, 0.1) is 5.41 Å². The van der Waals surface area contributed by atoms with Crippen molar-refractivity contribution in [2.75, 3.05) is 26.2 Å². The SMILES string of the molecule is Cc1cccc(C2(C(=O)N3CCCN(C(N)=O)CC3)CCCC2)c1. The number of amides is 3. The van der Waals surface area contributed by atoms with Crippen LogP contribution >= 0.6 is 0 Å². The predicted octanol–water partition coefficient (Wildman–Crippen LogP) is 2.42. The first-order chi connectivity index (χ1) is 11.5. The van der Waals surface area contributed by atoms with Gasteiger partial charge in [-0.3, -0.25) is 4.79 Å². The molecular formula is C19H27N3O2. The highest BCUT2D eigenvalue weighted by atomic mass is 16.2. The minimum absolute atomic E-state index is 0.233. The largest absolute Gasteiger partial charge is 0.351 e. The molecule has 0 atom stereocenters. The molecule has 1 aromatic rings. The minimum atomic E-state index is -0.390. The lowest BCUT2D eigenvalue weighted by molar-refractivity contribution is -0.137. The molecule has 0 radical (unpaired) electrons. The van der Waals surface area contributed by atoms with E-state index in [4.69, 9.17) is 5.73 Å². The normalized spacial score (nSPS) is 20.7. The number of nitrogens with two attached hydrogens (primary N) is 1. The average Bonchev–Trinajstić information content (AvgIpc) is 2.93. The molecule has 5 heteroatoms. The Morgan fingerprint density at radius 1 is 1.00 bits per heavy atom. The fourth-order valence-corrected chi connectivity index (χ4v) is 4.19. The van der Waals surface area contributed by atoms with Crippen molar-refractivity contribution in [3.63, 3.8) is 0 Å². The Balaban J connectivity index is 1.84. The number of benzene rings is 1. The molecule has 2 N–H and O–H groups in total. The molecule has 1 heterocycles. The fourth-order valence-electron chi connectivity index (χ4n) is 4.19. The van der Waals surface area contributed by atoms with Gasteiger partial charge >= 0.3 is 6.03 Å². The third kappa shape index (κ3) is 3.12. The van der Waals surface area contributed by atoms with Gasteiger partial charge in [0, 0.05) is 26.2 Å². The average molecular weight is 329 g/mol. The van der Waals surface area contributed by atoms with Crippen molar-refractivity contribution < 1.29 is 9.59 Å². The van der Waals surface area contributed by atoms with E-state index in [9.17, 15) is 9.59 Å². The van der Waals surface area contributed by atoms with Crippen LogP contribution in [0.5, 0.6) is 0 Å². The highest BCUT2D eigenvalue weighted by Crippen LogP contribution is 2.43. The second-order valence-corrected chi connectivity index (χ2v) is 7.13. The molecule has 130 valence electrons. The highest BCUT2D eigenvalue weighted by Gasteiger charge is 2.45. The summed E-state index contributed by atoms with van der Waals surface area (Å²) in [5.41, 5.74) is 7.37. The highest BCUT2D eigenvalue weighted by molar-refractivity contribution is 5.89. The molecule has 1 aromatic carbocycles. The van der Waals surface area contributed by atoms with E-state index in [2.05, 4.69) is 31.2 Å². The molecule has 5 nitrogen and oxygen atoms in total. The molecule has 3 rings (SSSR count). The molecule has 0 unspecified atom stereocenters. The molecule has 2 fully saturated rings. The van der Waals surface area contributed by atoms with Crippen LogP contribution in [0, 0.1) is 6.92 Å². The van der Waals surface area contributed by atoms with Crippen LogP contribution < -0.4 is 5.73 Å². The second kappa shape index (κ2) is 6.83. The lowest BCUT2D eigenvalue weighted by atomic mass is 9.77. The summed E-state index contributed by atoms with van der Waals surface area (Å²) < 4.78 is 0. The van der Waals surface area contributed by atoms with Crippen molar-refractivity contribution >= 4 is 11.9 Å². The molecular weight excluding hydrogens is 302 g/mol. The van der Waals surface area contributed by atoms with Gasteiger partial charge in [-0.2, -0.15) is 0 Å². The Hall–Kier alpha value is -2.04. The molecule has 0 spiro atoms. The van der Waals surface area contributed by atoms with Gasteiger partial charge in [-0.25, -0.2) is 4.79 Å². The quantitative estimate of drug-likeness (QED) is 0.905. The van der Waals surface area contributed by atoms with E-state index >= 15 is 0 Å². The van der Waals surface area contributed by atoms with Crippen LogP contribution in [-0.2, 0) is 10.2 Å². The minimum Gasteiger partial charge on any atom is -0.351 e. The van der Waals surface area contributed by atoms with Gasteiger partial charge in [0.25, 0.3) is 0 Å². The second-order valence-electron chi connectivity index (χ2n) is 7.13. The number of carbonyl (C=O) groups is 2. The number of carbonyl (C=O) groups excluding carboxylic acids is 2. The van der Waals surface area contributed by atoms with Gasteiger partial charge in [-0.1, -0.05) is 42.7 Å². The smallest absolute Gasteiger partial charge is 0.314 e. The lowest BCUT2D eigenvalue weighted by Crippen LogP contribution is -2.47. The Kier molecular flexibility index (Phi) is 4.78. The van der Waals surface area contributed by atoms with Crippen LogP contribution in [0.3, 0.4) is 0 Å². The van der Waals surface area contributed by atoms with Gasteiger partial charge in [-0.05, 0) is 31.7 Å². The van der Waals surface area contributed by atoms with E-state index in [0.29, 0.717) is 26.2 Å². The number of hydrogen-bond donors (Lipinski definition) is 1. The van der Waals surface area contributed by atoms with Crippen LogP contribution in [0.15, 0.2) is 24.3 Å². The summed E-state index contributed by atoms with van der Waals surface area (Å²) in [6.07, 6.45) is 4.83. The number of primary amides is 1. The maximum absolute atomic E-state index is 13.5. The molecule has 24 heavy (non-hydrogen) atoms. The summed E-state index contributed by atoms with van der Waals surface area (Å²) in [4.78, 5) is 28.5. The summed E-state index contributed by atoms with van der Waals surface area (Å²) in [5, 5.41) is 0. The van der Waals surface area contributed by atoms with E-state index in [0.717, 1.165) is 37.7 Å². The van der Waals surface area contributed by atoms with Crippen molar-refractivity contribution in [2.45, 2.75) is 44.4 Å². The first kappa shape index (κ1) is 16.8. The Labute approximate surface area is 143 Å². The summed E-state index contributed by atoms with van der Waals surface area (Å²) >= 11 is 0. The number of hydrogen-bond acceptors (Lipinski definition) is 2. The number of nitrogens with zero attached hydrogens (tertiary/aromatic N) is 2. The van der Waals surface area contributed by atoms with Crippen molar-refractivity contribution in [1.82, 2.24) is 9.80 Å². The first-order valence-corrected chi connectivity index (χ1v) is 8.94. The van der Waals surface area contributed by atoms with E-state index in [1.54, 1.807) is 4.90 Å². The van der Waals surface area contributed by atoms with Crippen molar-refractivity contribution in [3.8, 4) is 0 Å². The Morgan fingerprint density at radius 3 is 2.33 bits per heavy atom.